The van der Waals surface area contributed by atoms with Crippen molar-refractivity contribution in [2.24, 2.45) is 11.7 Å². The number of carbonyl (C=O) groups excluding carboxylic acids is 1. The molecule has 1 aliphatic heterocycles. The smallest absolute Gasteiger partial charge is 0.290 e. The second-order valence-electron chi connectivity index (χ2n) is 6.25. The fourth-order valence-electron chi connectivity index (χ4n) is 3.20. The molecule has 2 N–H and O–H groups in total. The standard InChI is InChI=1S/C17H21FN4O2/c18-14-6-2-1-5-13(14)8-7-12-4-3-9-22(10-12)11-15-20-17(16(19)23)21-24-15/h1-2,5-6,12H,3-4,7-11H2,(H2,19,23)/t12-/m0/s1. The number of benzene rings is 1. The highest BCUT2D eigenvalue weighted by Crippen LogP contribution is 2.23. The molecule has 3 rings (SSSR count). The number of nitrogens with two attached hydrogens (primary N) is 1. The molecule has 0 aliphatic carbocycles. The van der Waals surface area contributed by atoms with E-state index in [2.05, 4.69) is 15.0 Å². The van der Waals surface area contributed by atoms with Crippen molar-refractivity contribution < 1.29 is 13.7 Å². The number of primary amides is 1. The highest BCUT2D eigenvalue weighted by atomic mass is 19.1. The minimum Gasteiger partial charge on any atom is -0.363 e. The summed E-state index contributed by atoms with van der Waals surface area (Å²) in [5.74, 6) is 0.00923. The molecule has 128 valence electrons. The van der Waals surface area contributed by atoms with Crippen LogP contribution in [0.4, 0.5) is 4.39 Å². The number of likely N-dealkylation sites (tertiary alicyclic amines) is 1. The van der Waals surface area contributed by atoms with Crippen molar-refractivity contribution in [2.45, 2.75) is 32.2 Å². The van der Waals surface area contributed by atoms with Crippen molar-refractivity contribution in [3.63, 3.8) is 0 Å². The van der Waals surface area contributed by atoms with Crippen LogP contribution in [0, 0.1) is 11.7 Å². The van der Waals surface area contributed by atoms with Gasteiger partial charge in [-0.2, -0.15) is 4.98 Å². The van der Waals surface area contributed by atoms with E-state index in [0.717, 1.165) is 44.3 Å². The normalized spacial score (nSPS) is 18.6. The molecule has 1 saturated heterocycles. The summed E-state index contributed by atoms with van der Waals surface area (Å²) in [6, 6.07) is 6.94. The van der Waals surface area contributed by atoms with Gasteiger partial charge < -0.3 is 10.3 Å². The van der Waals surface area contributed by atoms with Gasteiger partial charge in [-0.1, -0.05) is 23.4 Å². The molecule has 24 heavy (non-hydrogen) atoms. The maximum absolute atomic E-state index is 13.7. The lowest BCUT2D eigenvalue weighted by Gasteiger charge is -2.31. The monoisotopic (exact) mass is 332 g/mol. The van der Waals surface area contributed by atoms with E-state index in [1.54, 1.807) is 6.07 Å². The Morgan fingerprint density at radius 1 is 1.42 bits per heavy atom. The molecule has 2 heterocycles. The number of rotatable bonds is 6. The zero-order valence-corrected chi connectivity index (χ0v) is 13.4. The van der Waals surface area contributed by atoms with Crippen molar-refractivity contribution in [3.05, 3.63) is 47.4 Å². The quantitative estimate of drug-likeness (QED) is 0.876. The fraction of sp³-hybridized carbons (Fsp3) is 0.471. The number of piperidine rings is 1. The molecule has 1 fully saturated rings. The van der Waals surface area contributed by atoms with Crippen LogP contribution in [0.2, 0.25) is 0 Å². The number of halogens is 1. The van der Waals surface area contributed by atoms with Crippen molar-refractivity contribution in [1.29, 1.82) is 0 Å². The molecule has 0 bridgehead atoms. The summed E-state index contributed by atoms with van der Waals surface area (Å²) in [6.07, 6.45) is 3.92. The molecule has 0 spiro atoms. The lowest BCUT2D eigenvalue weighted by molar-refractivity contribution is 0.0987. The Hall–Kier alpha value is -2.28. The summed E-state index contributed by atoms with van der Waals surface area (Å²) in [6.45, 7) is 2.36. The van der Waals surface area contributed by atoms with Crippen LogP contribution in [0.3, 0.4) is 0 Å². The predicted molar refractivity (Wildman–Crippen MR) is 85.5 cm³/mol. The van der Waals surface area contributed by atoms with E-state index in [1.807, 2.05) is 12.1 Å². The van der Waals surface area contributed by atoms with E-state index in [0.29, 0.717) is 18.4 Å². The first-order valence-electron chi connectivity index (χ1n) is 8.20. The maximum atomic E-state index is 13.7. The van der Waals surface area contributed by atoms with Crippen LogP contribution in [-0.4, -0.2) is 34.0 Å². The lowest BCUT2D eigenvalue weighted by Crippen LogP contribution is -2.35. The Kier molecular flexibility index (Phi) is 5.20. The highest BCUT2D eigenvalue weighted by Gasteiger charge is 2.22. The fourth-order valence-corrected chi connectivity index (χ4v) is 3.20. The van der Waals surface area contributed by atoms with Crippen molar-refractivity contribution in [1.82, 2.24) is 15.0 Å². The van der Waals surface area contributed by atoms with Gasteiger partial charge >= 0.3 is 0 Å². The third-order valence-corrected chi connectivity index (χ3v) is 4.43. The average molecular weight is 332 g/mol. The summed E-state index contributed by atoms with van der Waals surface area (Å²) >= 11 is 0. The minimum atomic E-state index is -0.689. The van der Waals surface area contributed by atoms with Gasteiger partial charge in [-0.15, -0.1) is 0 Å². The second kappa shape index (κ2) is 7.53. The first kappa shape index (κ1) is 16.6. The number of nitrogens with zero attached hydrogens (tertiary/aromatic N) is 3. The zero-order chi connectivity index (χ0) is 16.9. The Balaban J connectivity index is 1.52. The first-order valence-corrected chi connectivity index (χ1v) is 8.20. The van der Waals surface area contributed by atoms with E-state index < -0.39 is 5.91 Å². The van der Waals surface area contributed by atoms with Crippen molar-refractivity contribution in [2.75, 3.05) is 13.1 Å². The molecule has 1 aromatic heterocycles. The largest absolute Gasteiger partial charge is 0.363 e. The summed E-state index contributed by atoms with van der Waals surface area (Å²) in [5, 5.41) is 3.56. The van der Waals surface area contributed by atoms with Gasteiger partial charge in [0.2, 0.25) is 5.89 Å². The Labute approximate surface area is 139 Å². The van der Waals surface area contributed by atoms with Crippen molar-refractivity contribution >= 4 is 5.91 Å². The topological polar surface area (TPSA) is 85.2 Å². The SMILES string of the molecule is NC(=O)c1noc(CN2CCC[C@@H](CCc3ccccc3F)C2)n1. The zero-order valence-electron chi connectivity index (χ0n) is 13.4. The van der Waals surface area contributed by atoms with Crippen LogP contribution in [0.1, 0.15) is 41.3 Å². The Bertz CT molecular complexity index is 703. The molecule has 1 atom stereocenters. The minimum absolute atomic E-state index is 0.0851. The molecule has 1 aromatic carbocycles. The van der Waals surface area contributed by atoms with Crippen LogP contribution in [-0.2, 0) is 13.0 Å². The molecule has 1 amide bonds. The van der Waals surface area contributed by atoms with Gasteiger partial charge in [0, 0.05) is 6.54 Å². The predicted octanol–water partition coefficient (Wildman–Crippen LogP) is 2.15. The van der Waals surface area contributed by atoms with E-state index in [1.165, 1.54) is 6.07 Å². The molecule has 0 radical (unpaired) electrons. The molecule has 2 aromatic rings. The van der Waals surface area contributed by atoms with Gasteiger partial charge in [0.15, 0.2) is 0 Å². The average Bonchev–Trinajstić information content (AvgIpc) is 3.03. The highest BCUT2D eigenvalue weighted by molar-refractivity contribution is 5.88. The van der Waals surface area contributed by atoms with Gasteiger partial charge in [-0.05, 0) is 49.8 Å². The van der Waals surface area contributed by atoms with Gasteiger partial charge in [-0.25, -0.2) is 4.39 Å². The molecular formula is C17H21FN4O2. The molecule has 6 nitrogen and oxygen atoms in total. The summed E-state index contributed by atoms with van der Waals surface area (Å²) in [4.78, 5) is 17.2. The van der Waals surface area contributed by atoms with Gasteiger partial charge in [-0.3, -0.25) is 9.69 Å². The number of hydrogen-bond acceptors (Lipinski definition) is 5. The van der Waals surface area contributed by atoms with Crippen LogP contribution < -0.4 is 5.73 Å². The molecule has 0 unspecified atom stereocenters. The van der Waals surface area contributed by atoms with Gasteiger partial charge in [0.25, 0.3) is 11.7 Å². The first-order chi connectivity index (χ1) is 11.6. The van der Waals surface area contributed by atoms with Crippen LogP contribution in [0.25, 0.3) is 0 Å². The molecular weight excluding hydrogens is 311 g/mol. The Morgan fingerprint density at radius 2 is 2.25 bits per heavy atom. The van der Waals surface area contributed by atoms with E-state index in [-0.39, 0.29) is 11.6 Å². The van der Waals surface area contributed by atoms with Crippen LogP contribution >= 0.6 is 0 Å². The lowest BCUT2D eigenvalue weighted by atomic mass is 9.91. The number of aromatic nitrogens is 2. The van der Waals surface area contributed by atoms with Crippen molar-refractivity contribution in [3.8, 4) is 0 Å². The van der Waals surface area contributed by atoms with Crippen LogP contribution in [0.5, 0.6) is 0 Å². The molecule has 1 aliphatic rings. The third-order valence-electron chi connectivity index (χ3n) is 4.43. The summed E-state index contributed by atoms with van der Waals surface area (Å²) in [7, 11) is 0. The number of carbonyl (C=O) groups is 1. The number of aryl methyl sites for hydroxylation is 1. The second-order valence-corrected chi connectivity index (χ2v) is 6.25. The van der Waals surface area contributed by atoms with E-state index in [9.17, 15) is 9.18 Å². The van der Waals surface area contributed by atoms with Crippen LogP contribution in [0.15, 0.2) is 28.8 Å². The summed E-state index contributed by atoms with van der Waals surface area (Å²) in [5.41, 5.74) is 5.90. The van der Waals surface area contributed by atoms with Gasteiger partial charge in [0.1, 0.15) is 5.82 Å². The van der Waals surface area contributed by atoms with Gasteiger partial charge in [0.05, 0.1) is 6.54 Å². The summed E-state index contributed by atoms with van der Waals surface area (Å²) < 4.78 is 18.8. The maximum Gasteiger partial charge on any atom is 0.290 e. The third kappa shape index (κ3) is 4.17. The number of amides is 1. The van der Waals surface area contributed by atoms with E-state index >= 15 is 0 Å². The molecule has 7 heteroatoms. The number of hydrogen-bond donors (Lipinski definition) is 1. The molecule has 0 saturated carbocycles. The Morgan fingerprint density at radius 3 is 3.00 bits per heavy atom. The van der Waals surface area contributed by atoms with E-state index in [4.69, 9.17) is 10.3 Å².